The number of nitrogens with one attached hydrogen (secondary N) is 1. The van der Waals surface area contributed by atoms with Crippen LogP contribution in [0.15, 0.2) is 30.5 Å². The summed E-state index contributed by atoms with van der Waals surface area (Å²) in [7, 11) is 0. The number of aromatic nitrogens is 1. The molecule has 3 N–H and O–H groups in total. The molecule has 1 aromatic heterocycles. The van der Waals surface area contributed by atoms with Crippen molar-refractivity contribution in [3.05, 3.63) is 36.0 Å². The number of alkyl halides is 1. The largest absolute Gasteiger partial charge is 0.361 e. The van der Waals surface area contributed by atoms with Gasteiger partial charge < -0.3 is 10.7 Å². The van der Waals surface area contributed by atoms with Crippen molar-refractivity contribution in [2.75, 3.05) is 6.67 Å². The highest BCUT2D eigenvalue weighted by atomic mass is 19.1. The second kappa shape index (κ2) is 3.80. The maximum absolute atomic E-state index is 12.2. The summed E-state index contributed by atoms with van der Waals surface area (Å²) in [6, 6.07) is 7.64. The maximum atomic E-state index is 12.2. The minimum atomic E-state index is -0.373. The molecule has 2 nitrogen and oxygen atoms in total. The van der Waals surface area contributed by atoms with Crippen molar-refractivity contribution >= 4 is 10.9 Å². The summed E-state index contributed by atoms with van der Waals surface area (Å²) >= 11 is 0. The molecular formula is C11H13FN2. The van der Waals surface area contributed by atoms with Crippen LogP contribution in [0.5, 0.6) is 0 Å². The Morgan fingerprint density at radius 2 is 2.21 bits per heavy atom. The van der Waals surface area contributed by atoms with Crippen LogP contribution in [0.2, 0.25) is 0 Å². The average Bonchev–Trinajstić information content (AvgIpc) is 2.65. The molecule has 2 rings (SSSR count). The van der Waals surface area contributed by atoms with E-state index in [4.69, 9.17) is 5.73 Å². The van der Waals surface area contributed by atoms with Gasteiger partial charge in [-0.05, 0) is 24.1 Å². The molecule has 1 heterocycles. The van der Waals surface area contributed by atoms with E-state index in [1.54, 1.807) is 0 Å². The number of hydrogen-bond donors (Lipinski definition) is 2. The highest BCUT2D eigenvalue weighted by Crippen LogP contribution is 2.23. The van der Waals surface area contributed by atoms with Gasteiger partial charge in [0.05, 0.1) is 6.67 Å². The lowest BCUT2D eigenvalue weighted by Gasteiger charge is -2.10. The molecule has 0 amide bonds. The molecule has 0 radical (unpaired) electrons. The Morgan fingerprint density at radius 3 is 3.00 bits per heavy atom. The van der Waals surface area contributed by atoms with E-state index in [9.17, 15) is 4.39 Å². The van der Waals surface area contributed by atoms with Crippen LogP contribution in [-0.4, -0.2) is 11.7 Å². The molecule has 14 heavy (non-hydrogen) atoms. The fourth-order valence-corrected chi connectivity index (χ4v) is 1.71. The standard InChI is InChI=1S/C11H13FN2/c12-6-4-10(13)8-2-1-3-11-9(8)5-7-14-11/h1-3,5,7,10,14H,4,6,13H2/t10-/m1/s1. The third-order valence-corrected chi connectivity index (χ3v) is 2.45. The van der Waals surface area contributed by atoms with Gasteiger partial charge in [-0.1, -0.05) is 12.1 Å². The third kappa shape index (κ3) is 1.51. The molecule has 1 aromatic carbocycles. The monoisotopic (exact) mass is 192 g/mol. The van der Waals surface area contributed by atoms with Crippen molar-refractivity contribution in [2.45, 2.75) is 12.5 Å². The van der Waals surface area contributed by atoms with Crippen molar-refractivity contribution < 1.29 is 4.39 Å². The van der Waals surface area contributed by atoms with Gasteiger partial charge in [0.15, 0.2) is 0 Å². The Bertz CT molecular complexity index is 422. The van der Waals surface area contributed by atoms with Crippen LogP contribution in [0.3, 0.4) is 0 Å². The van der Waals surface area contributed by atoms with Crippen LogP contribution in [0.4, 0.5) is 4.39 Å². The van der Waals surface area contributed by atoms with E-state index in [0.29, 0.717) is 6.42 Å². The van der Waals surface area contributed by atoms with Gasteiger partial charge >= 0.3 is 0 Å². The molecule has 2 aromatic rings. The smallest absolute Gasteiger partial charge is 0.0912 e. The summed E-state index contributed by atoms with van der Waals surface area (Å²) in [6.45, 7) is -0.373. The maximum Gasteiger partial charge on any atom is 0.0912 e. The number of aromatic amines is 1. The van der Waals surface area contributed by atoms with Crippen molar-refractivity contribution in [3.63, 3.8) is 0 Å². The van der Waals surface area contributed by atoms with E-state index in [0.717, 1.165) is 16.5 Å². The molecule has 74 valence electrons. The summed E-state index contributed by atoms with van der Waals surface area (Å²) in [5.41, 5.74) is 7.94. The van der Waals surface area contributed by atoms with Gasteiger partial charge in [-0.3, -0.25) is 4.39 Å². The molecule has 0 unspecified atom stereocenters. The Kier molecular flexibility index (Phi) is 2.50. The number of benzene rings is 1. The number of hydrogen-bond acceptors (Lipinski definition) is 1. The molecule has 3 heteroatoms. The second-order valence-corrected chi connectivity index (χ2v) is 3.37. The van der Waals surface area contributed by atoms with Crippen LogP contribution in [0, 0.1) is 0 Å². The molecule has 0 aliphatic heterocycles. The van der Waals surface area contributed by atoms with E-state index < -0.39 is 0 Å². The summed E-state index contributed by atoms with van der Waals surface area (Å²) < 4.78 is 12.2. The minimum absolute atomic E-state index is 0.209. The number of halogens is 1. The third-order valence-electron chi connectivity index (χ3n) is 2.45. The van der Waals surface area contributed by atoms with Crippen LogP contribution in [0.25, 0.3) is 10.9 Å². The topological polar surface area (TPSA) is 41.8 Å². The number of nitrogens with two attached hydrogens (primary N) is 1. The normalized spacial score (nSPS) is 13.3. The van der Waals surface area contributed by atoms with Crippen molar-refractivity contribution in [1.82, 2.24) is 4.98 Å². The van der Waals surface area contributed by atoms with Gasteiger partial charge in [0.25, 0.3) is 0 Å². The van der Waals surface area contributed by atoms with E-state index in [1.165, 1.54) is 0 Å². The first-order valence-corrected chi connectivity index (χ1v) is 4.70. The first-order chi connectivity index (χ1) is 6.83. The molecule has 0 saturated carbocycles. The first-order valence-electron chi connectivity index (χ1n) is 4.70. The lowest BCUT2D eigenvalue weighted by atomic mass is 10.0. The summed E-state index contributed by atoms with van der Waals surface area (Å²) in [5.74, 6) is 0. The Balaban J connectivity index is 2.45. The zero-order valence-electron chi connectivity index (χ0n) is 7.83. The van der Waals surface area contributed by atoms with E-state index in [-0.39, 0.29) is 12.7 Å². The second-order valence-electron chi connectivity index (χ2n) is 3.37. The zero-order chi connectivity index (χ0) is 9.97. The van der Waals surface area contributed by atoms with Crippen molar-refractivity contribution in [1.29, 1.82) is 0 Å². The predicted molar refractivity (Wildman–Crippen MR) is 55.8 cm³/mol. The average molecular weight is 192 g/mol. The zero-order valence-corrected chi connectivity index (χ0v) is 7.83. The molecule has 0 aliphatic rings. The van der Waals surface area contributed by atoms with Crippen molar-refractivity contribution in [2.24, 2.45) is 5.73 Å². The molecule has 0 bridgehead atoms. The Hall–Kier alpha value is -1.35. The first kappa shape index (κ1) is 9.21. The van der Waals surface area contributed by atoms with Gasteiger partial charge in [-0.15, -0.1) is 0 Å². The van der Waals surface area contributed by atoms with E-state index in [2.05, 4.69) is 4.98 Å². The molecule has 0 spiro atoms. The lowest BCUT2D eigenvalue weighted by Crippen LogP contribution is -2.11. The van der Waals surface area contributed by atoms with Gasteiger partial charge in [-0.2, -0.15) is 0 Å². The molecule has 0 aliphatic carbocycles. The minimum Gasteiger partial charge on any atom is -0.361 e. The fourth-order valence-electron chi connectivity index (χ4n) is 1.71. The summed E-state index contributed by atoms with van der Waals surface area (Å²) in [4.78, 5) is 3.11. The quantitative estimate of drug-likeness (QED) is 0.770. The molecular weight excluding hydrogens is 179 g/mol. The van der Waals surface area contributed by atoms with Crippen LogP contribution < -0.4 is 5.73 Å². The fraction of sp³-hybridized carbons (Fsp3) is 0.273. The number of H-pyrrole nitrogens is 1. The summed E-state index contributed by atoms with van der Waals surface area (Å²) in [5, 5.41) is 1.09. The Morgan fingerprint density at radius 1 is 1.36 bits per heavy atom. The van der Waals surface area contributed by atoms with Gasteiger partial charge in [0.1, 0.15) is 0 Å². The van der Waals surface area contributed by atoms with Gasteiger partial charge in [0, 0.05) is 23.1 Å². The number of fused-ring (bicyclic) bond motifs is 1. The SMILES string of the molecule is N[C@H](CCF)c1cccc2[nH]ccc12. The van der Waals surface area contributed by atoms with E-state index in [1.807, 2.05) is 30.5 Å². The highest BCUT2D eigenvalue weighted by Gasteiger charge is 2.09. The van der Waals surface area contributed by atoms with Crippen LogP contribution in [-0.2, 0) is 0 Å². The summed E-state index contributed by atoms with van der Waals surface area (Å²) in [6.07, 6.45) is 2.25. The molecule has 1 atom stereocenters. The van der Waals surface area contributed by atoms with E-state index >= 15 is 0 Å². The van der Waals surface area contributed by atoms with Gasteiger partial charge in [0.2, 0.25) is 0 Å². The van der Waals surface area contributed by atoms with Crippen LogP contribution in [0.1, 0.15) is 18.0 Å². The number of rotatable bonds is 3. The molecule has 0 fully saturated rings. The predicted octanol–water partition coefficient (Wildman–Crippen LogP) is 2.53. The van der Waals surface area contributed by atoms with Crippen molar-refractivity contribution in [3.8, 4) is 0 Å². The Labute approximate surface area is 81.9 Å². The lowest BCUT2D eigenvalue weighted by molar-refractivity contribution is 0.443. The van der Waals surface area contributed by atoms with Gasteiger partial charge in [-0.25, -0.2) is 0 Å². The highest BCUT2D eigenvalue weighted by molar-refractivity contribution is 5.83. The van der Waals surface area contributed by atoms with Crippen LogP contribution >= 0.6 is 0 Å². The molecule has 0 saturated heterocycles.